The molecular formula is C9H11NO5. The van der Waals surface area contributed by atoms with Gasteiger partial charge in [0, 0.05) is 13.3 Å². The first-order valence-electron chi connectivity index (χ1n) is 4.06. The van der Waals surface area contributed by atoms with Crippen LogP contribution in [0, 0.1) is 12.3 Å². The van der Waals surface area contributed by atoms with Gasteiger partial charge in [0.2, 0.25) is 0 Å². The molecule has 6 heteroatoms. The van der Waals surface area contributed by atoms with Crippen LogP contribution in [-0.4, -0.2) is 35.6 Å². The second kappa shape index (κ2) is 6.43. The smallest absolute Gasteiger partial charge is 0.327 e. The molecule has 0 rings (SSSR count). The lowest BCUT2D eigenvalue weighted by Crippen LogP contribution is -2.42. The molecule has 0 aromatic rings. The Kier molecular flexibility index (Phi) is 5.56. The van der Waals surface area contributed by atoms with Gasteiger partial charge in [-0.3, -0.25) is 9.59 Å². The van der Waals surface area contributed by atoms with Gasteiger partial charge in [-0.2, -0.15) is 0 Å². The summed E-state index contributed by atoms with van der Waals surface area (Å²) in [4.78, 5) is 31.9. The molecule has 15 heavy (non-hydrogen) atoms. The molecule has 1 atom stereocenters. The first kappa shape index (κ1) is 13.0. The maximum absolute atomic E-state index is 11.0. The molecule has 6 nitrogen and oxygen atoms in total. The van der Waals surface area contributed by atoms with Crippen LogP contribution in [0.1, 0.15) is 13.3 Å². The van der Waals surface area contributed by atoms with E-state index in [9.17, 15) is 14.4 Å². The maximum Gasteiger partial charge on any atom is 0.327 e. The van der Waals surface area contributed by atoms with Crippen molar-refractivity contribution in [1.29, 1.82) is 0 Å². The zero-order chi connectivity index (χ0) is 11.8. The van der Waals surface area contributed by atoms with Crippen molar-refractivity contribution in [2.45, 2.75) is 19.4 Å². The van der Waals surface area contributed by atoms with Crippen LogP contribution >= 0.6 is 0 Å². The summed E-state index contributed by atoms with van der Waals surface area (Å²) in [6.45, 7) is 0.632. The summed E-state index contributed by atoms with van der Waals surface area (Å²) in [6.07, 6.45) is 4.79. The largest absolute Gasteiger partial charge is 0.480 e. The summed E-state index contributed by atoms with van der Waals surface area (Å²) < 4.78 is 4.37. The number of terminal acetylenes is 1. The lowest BCUT2D eigenvalue weighted by atomic mass is 10.2. The van der Waals surface area contributed by atoms with Crippen LogP contribution in [-0.2, 0) is 19.1 Å². The van der Waals surface area contributed by atoms with Crippen molar-refractivity contribution in [3.05, 3.63) is 0 Å². The predicted octanol–water partition coefficient (Wildman–Crippen LogP) is -0.858. The van der Waals surface area contributed by atoms with Gasteiger partial charge in [-0.15, -0.1) is 12.3 Å². The van der Waals surface area contributed by atoms with Gasteiger partial charge in [0.25, 0.3) is 5.91 Å². The van der Waals surface area contributed by atoms with Crippen molar-refractivity contribution in [2.75, 3.05) is 6.61 Å². The summed E-state index contributed by atoms with van der Waals surface area (Å²) in [5, 5.41) is 10.7. The molecular weight excluding hydrogens is 202 g/mol. The number of amides is 1. The third kappa shape index (κ3) is 6.10. The van der Waals surface area contributed by atoms with E-state index in [0.29, 0.717) is 0 Å². The lowest BCUT2D eigenvalue weighted by molar-refractivity contribution is -0.147. The van der Waals surface area contributed by atoms with Crippen LogP contribution in [0.25, 0.3) is 0 Å². The number of carbonyl (C=O) groups is 3. The van der Waals surface area contributed by atoms with Gasteiger partial charge < -0.3 is 15.2 Å². The highest BCUT2D eigenvalue weighted by atomic mass is 16.5. The van der Waals surface area contributed by atoms with Crippen molar-refractivity contribution in [3.8, 4) is 12.3 Å². The molecule has 0 aliphatic heterocycles. The zero-order valence-corrected chi connectivity index (χ0v) is 8.15. The molecule has 0 heterocycles. The molecule has 0 aliphatic carbocycles. The molecule has 0 aromatic heterocycles. The van der Waals surface area contributed by atoms with Crippen LogP contribution in [0.15, 0.2) is 0 Å². The van der Waals surface area contributed by atoms with E-state index in [2.05, 4.69) is 16.0 Å². The Balaban J connectivity index is 4.07. The Hall–Kier alpha value is -2.03. The van der Waals surface area contributed by atoms with Crippen LogP contribution in [0.3, 0.4) is 0 Å². The summed E-state index contributed by atoms with van der Waals surface area (Å²) >= 11 is 0. The van der Waals surface area contributed by atoms with E-state index in [0.717, 1.165) is 6.92 Å². The summed E-state index contributed by atoms with van der Waals surface area (Å²) in [5.74, 6) is -0.434. The first-order valence-corrected chi connectivity index (χ1v) is 4.06. The van der Waals surface area contributed by atoms with Crippen LogP contribution in [0.4, 0.5) is 0 Å². The standard InChI is InChI=1S/C9H11NO5/c1-3-4-7(9(13)14)10-8(12)5-15-6(2)11/h1,7H,4-5H2,2H3,(H,10,12)(H,13,14)/t7-/m0/s1. The van der Waals surface area contributed by atoms with Crippen molar-refractivity contribution < 1.29 is 24.2 Å². The van der Waals surface area contributed by atoms with Gasteiger partial charge in [0.05, 0.1) is 0 Å². The minimum Gasteiger partial charge on any atom is -0.480 e. The fourth-order valence-corrected chi connectivity index (χ4v) is 0.721. The number of esters is 1. The van der Waals surface area contributed by atoms with E-state index in [4.69, 9.17) is 11.5 Å². The van der Waals surface area contributed by atoms with Gasteiger partial charge in [-0.25, -0.2) is 4.79 Å². The predicted molar refractivity (Wildman–Crippen MR) is 49.6 cm³/mol. The topological polar surface area (TPSA) is 92.7 Å². The molecule has 0 saturated carbocycles. The minimum absolute atomic E-state index is 0.124. The Bertz CT molecular complexity index is 304. The molecule has 0 saturated heterocycles. The molecule has 0 fully saturated rings. The molecule has 2 N–H and O–H groups in total. The third-order valence-corrected chi connectivity index (χ3v) is 1.36. The van der Waals surface area contributed by atoms with Crippen LogP contribution in [0.2, 0.25) is 0 Å². The van der Waals surface area contributed by atoms with E-state index >= 15 is 0 Å². The number of carboxylic acid groups (broad SMARTS) is 1. The molecule has 0 aromatic carbocycles. The highest BCUT2D eigenvalue weighted by Crippen LogP contribution is 1.91. The van der Waals surface area contributed by atoms with E-state index in [-0.39, 0.29) is 6.42 Å². The second-order valence-corrected chi connectivity index (χ2v) is 2.65. The SMILES string of the molecule is C#CC[C@H](NC(=O)COC(C)=O)C(=O)O. The molecule has 0 radical (unpaired) electrons. The summed E-state index contributed by atoms with van der Waals surface area (Å²) in [5.41, 5.74) is 0. The number of nitrogens with one attached hydrogen (secondary N) is 1. The number of carboxylic acids is 1. The number of aliphatic carboxylic acids is 1. The lowest BCUT2D eigenvalue weighted by Gasteiger charge is -2.11. The molecule has 0 bridgehead atoms. The van der Waals surface area contributed by atoms with Gasteiger partial charge in [0.1, 0.15) is 6.04 Å². The van der Waals surface area contributed by atoms with Gasteiger partial charge >= 0.3 is 11.9 Å². The maximum atomic E-state index is 11.0. The third-order valence-electron chi connectivity index (χ3n) is 1.36. The monoisotopic (exact) mass is 213 g/mol. The van der Waals surface area contributed by atoms with E-state index < -0.39 is 30.5 Å². The average Bonchev–Trinajstić information content (AvgIpc) is 2.14. The normalized spacial score (nSPS) is 10.9. The van der Waals surface area contributed by atoms with Crippen LogP contribution < -0.4 is 5.32 Å². The molecule has 0 unspecified atom stereocenters. The highest BCUT2D eigenvalue weighted by Gasteiger charge is 2.18. The summed E-state index contributed by atoms with van der Waals surface area (Å²) in [6, 6.07) is -1.15. The van der Waals surface area contributed by atoms with Crippen molar-refractivity contribution in [1.82, 2.24) is 5.32 Å². The van der Waals surface area contributed by atoms with Crippen LogP contribution in [0.5, 0.6) is 0 Å². The Morgan fingerprint density at radius 2 is 2.13 bits per heavy atom. The van der Waals surface area contributed by atoms with Gasteiger partial charge in [-0.05, 0) is 0 Å². The average molecular weight is 213 g/mol. The number of rotatable bonds is 5. The fraction of sp³-hybridized carbons (Fsp3) is 0.444. The number of carbonyl (C=O) groups excluding carboxylic acids is 2. The Labute approximate surface area is 86.6 Å². The fourth-order valence-electron chi connectivity index (χ4n) is 0.721. The van der Waals surface area contributed by atoms with Gasteiger partial charge in [0.15, 0.2) is 6.61 Å². The number of ether oxygens (including phenoxy) is 1. The van der Waals surface area contributed by atoms with Gasteiger partial charge in [-0.1, -0.05) is 0 Å². The quantitative estimate of drug-likeness (QED) is 0.458. The molecule has 82 valence electrons. The first-order chi connectivity index (χ1) is 6.97. The van der Waals surface area contributed by atoms with E-state index in [1.165, 1.54) is 0 Å². The van der Waals surface area contributed by atoms with Crippen molar-refractivity contribution in [2.24, 2.45) is 0 Å². The molecule has 1 amide bonds. The number of hydrogen-bond acceptors (Lipinski definition) is 4. The zero-order valence-electron chi connectivity index (χ0n) is 8.15. The van der Waals surface area contributed by atoms with E-state index in [1.807, 2.05) is 0 Å². The Morgan fingerprint density at radius 3 is 2.53 bits per heavy atom. The molecule has 0 spiro atoms. The van der Waals surface area contributed by atoms with Crippen molar-refractivity contribution in [3.63, 3.8) is 0 Å². The second-order valence-electron chi connectivity index (χ2n) is 2.65. The highest BCUT2D eigenvalue weighted by molar-refractivity contribution is 5.85. The Morgan fingerprint density at radius 1 is 1.53 bits per heavy atom. The van der Waals surface area contributed by atoms with E-state index in [1.54, 1.807) is 0 Å². The minimum atomic E-state index is -1.23. The van der Waals surface area contributed by atoms with Crippen molar-refractivity contribution >= 4 is 17.8 Å². The molecule has 0 aliphatic rings. The summed E-state index contributed by atoms with van der Waals surface area (Å²) in [7, 11) is 0. The number of hydrogen-bond donors (Lipinski definition) is 2.